The topological polar surface area (TPSA) is 22.1 Å². The maximum atomic E-state index is 6.17. The predicted molar refractivity (Wildman–Crippen MR) is 66.2 cm³/mol. The van der Waals surface area contributed by atoms with Gasteiger partial charge in [0.2, 0.25) is 0 Å². The van der Waals surface area contributed by atoms with Crippen LogP contribution in [-0.2, 0) is 0 Å². The molecule has 0 fully saturated rings. The van der Waals surface area contributed by atoms with Crippen LogP contribution in [0.3, 0.4) is 0 Å². The molecule has 0 spiro atoms. The number of benzene rings is 1. The molecule has 0 saturated carbocycles. The molecule has 0 aliphatic carbocycles. The first-order valence-corrected chi connectivity index (χ1v) is 5.42. The SMILES string of the molecule is COc1ccc(Cl)c(Cl)c1-c1cccnc1. The summed E-state index contributed by atoms with van der Waals surface area (Å²) in [5, 5.41) is 0.982. The number of pyridine rings is 1. The minimum atomic E-state index is 0.481. The van der Waals surface area contributed by atoms with E-state index in [1.54, 1.807) is 31.6 Å². The number of halogens is 2. The summed E-state index contributed by atoms with van der Waals surface area (Å²) in [6.45, 7) is 0. The summed E-state index contributed by atoms with van der Waals surface area (Å²) in [5.41, 5.74) is 1.65. The normalized spacial score (nSPS) is 10.2. The third kappa shape index (κ3) is 1.99. The minimum Gasteiger partial charge on any atom is -0.496 e. The van der Waals surface area contributed by atoms with Crippen LogP contribution in [0.2, 0.25) is 10.0 Å². The molecule has 0 amide bonds. The van der Waals surface area contributed by atoms with E-state index in [2.05, 4.69) is 4.98 Å². The van der Waals surface area contributed by atoms with Gasteiger partial charge in [0.1, 0.15) is 5.75 Å². The van der Waals surface area contributed by atoms with Gasteiger partial charge in [0, 0.05) is 23.5 Å². The van der Waals surface area contributed by atoms with E-state index in [9.17, 15) is 0 Å². The van der Waals surface area contributed by atoms with Crippen molar-refractivity contribution in [2.24, 2.45) is 0 Å². The highest BCUT2D eigenvalue weighted by atomic mass is 35.5. The van der Waals surface area contributed by atoms with Gasteiger partial charge in [-0.2, -0.15) is 0 Å². The van der Waals surface area contributed by atoms with Crippen LogP contribution in [0.4, 0.5) is 0 Å². The van der Waals surface area contributed by atoms with Crippen LogP contribution >= 0.6 is 23.2 Å². The first-order chi connectivity index (χ1) is 7.74. The number of rotatable bonds is 2. The highest BCUT2D eigenvalue weighted by Gasteiger charge is 2.13. The molecule has 1 aromatic carbocycles. The van der Waals surface area contributed by atoms with Gasteiger partial charge in [-0.05, 0) is 18.2 Å². The Morgan fingerprint density at radius 1 is 1.19 bits per heavy atom. The van der Waals surface area contributed by atoms with Crippen LogP contribution in [0.15, 0.2) is 36.7 Å². The van der Waals surface area contributed by atoms with E-state index < -0.39 is 0 Å². The van der Waals surface area contributed by atoms with Crippen LogP contribution in [0, 0.1) is 0 Å². The van der Waals surface area contributed by atoms with Crippen molar-refractivity contribution in [1.82, 2.24) is 4.98 Å². The van der Waals surface area contributed by atoms with E-state index in [0.717, 1.165) is 11.1 Å². The van der Waals surface area contributed by atoms with E-state index >= 15 is 0 Å². The Kier molecular flexibility index (Phi) is 3.32. The molecule has 0 radical (unpaired) electrons. The molecule has 4 heteroatoms. The summed E-state index contributed by atoms with van der Waals surface area (Å²) < 4.78 is 5.26. The largest absolute Gasteiger partial charge is 0.496 e. The lowest BCUT2D eigenvalue weighted by atomic mass is 10.1. The smallest absolute Gasteiger partial charge is 0.128 e. The van der Waals surface area contributed by atoms with E-state index in [4.69, 9.17) is 27.9 Å². The maximum Gasteiger partial charge on any atom is 0.128 e. The maximum absolute atomic E-state index is 6.17. The molecule has 2 rings (SSSR count). The quantitative estimate of drug-likeness (QED) is 0.806. The van der Waals surface area contributed by atoms with Crippen molar-refractivity contribution in [2.75, 3.05) is 7.11 Å². The Morgan fingerprint density at radius 3 is 2.62 bits per heavy atom. The summed E-state index contributed by atoms with van der Waals surface area (Å²) in [4.78, 5) is 4.05. The van der Waals surface area contributed by atoms with Gasteiger partial charge in [0.05, 0.1) is 17.2 Å². The van der Waals surface area contributed by atoms with E-state index in [-0.39, 0.29) is 0 Å². The fourth-order valence-electron chi connectivity index (χ4n) is 1.48. The average Bonchev–Trinajstić information content (AvgIpc) is 2.33. The summed E-state index contributed by atoms with van der Waals surface area (Å²) >= 11 is 12.2. The molecule has 0 saturated heterocycles. The zero-order valence-electron chi connectivity index (χ0n) is 8.58. The van der Waals surface area contributed by atoms with E-state index in [0.29, 0.717) is 15.8 Å². The average molecular weight is 254 g/mol. The summed E-state index contributed by atoms with van der Waals surface area (Å²) in [5.74, 6) is 0.683. The zero-order valence-corrected chi connectivity index (χ0v) is 10.1. The van der Waals surface area contributed by atoms with Crippen LogP contribution in [-0.4, -0.2) is 12.1 Å². The van der Waals surface area contributed by atoms with Crippen molar-refractivity contribution < 1.29 is 4.74 Å². The third-order valence-corrected chi connectivity index (χ3v) is 3.03. The second-order valence-corrected chi connectivity index (χ2v) is 3.97. The van der Waals surface area contributed by atoms with Gasteiger partial charge in [0.25, 0.3) is 0 Å². The second kappa shape index (κ2) is 4.73. The van der Waals surface area contributed by atoms with Crippen LogP contribution in [0.25, 0.3) is 11.1 Å². The lowest BCUT2D eigenvalue weighted by molar-refractivity contribution is 0.416. The Bertz CT molecular complexity index is 500. The molecule has 82 valence electrons. The highest BCUT2D eigenvalue weighted by Crippen LogP contribution is 2.40. The van der Waals surface area contributed by atoms with Gasteiger partial charge in [-0.3, -0.25) is 4.98 Å². The van der Waals surface area contributed by atoms with Crippen molar-refractivity contribution in [3.63, 3.8) is 0 Å². The fourth-order valence-corrected chi connectivity index (χ4v) is 1.91. The molecular weight excluding hydrogens is 245 g/mol. The molecular formula is C12H9Cl2NO. The third-order valence-electron chi connectivity index (χ3n) is 2.23. The van der Waals surface area contributed by atoms with Crippen molar-refractivity contribution >= 4 is 23.2 Å². The van der Waals surface area contributed by atoms with Crippen LogP contribution < -0.4 is 4.74 Å². The van der Waals surface area contributed by atoms with Crippen molar-refractivity contribution in [2.45, 2.75) is 0 Å². The Balaban J connectivity index is 2.67. The first kappa shape index (κ1) is 11.2. The van der Waals surface area contributed by atoms with Crippen molar-refractivity contribution in [1.29, 1.82) is 0 Å². The monoisotopic (exact) mass is 253 g/mol. The van der Waals surface area contributed by atoms with Crippen LogP contribution in [0.5, 0.6) is 5.75 Å². The molecule has 0 aliphatic heterocycles. The molecule has 0 N–H and O–H groups in total. The number of nitrogens with zero attached hydrogens (tertiary/aromatic N) is 1. The minimum absolute atomic E-state index is 0.481. The summed E-state index contributed by atoms with van der Waals surface area (Å²) in [6, 6.07) is 7.25. The number of ether oxygens (including phenoxy) is 1. The fraction of sp³-hybridized carbons (Fsp3) is 0.0833. The predicted octanol–water partition coefficient (Wildman–Crippen LogP) is 4.06. The molecule has 2 aromatic rings. The standard InChI is InChI=1S/C12H9Cl2NO/c1-16-10-5-4-9(13)12(14)11(10)8-3-2-6-15-7-8/h2-7H,1H3. The van der Waals surface area contributed by atoms with E-state index in [1.807, 2.05) is 12.1 Å². The summed E-state index contributed by atoms with van der Waals surface area (Å²) in [7, 11) is 1.60. The molecule has 1 aromatic heterocycles. The van der Waals surface area contributed by atoms with Gasteiger partial charge in [-0.15, -0.1) is 0 Å². The molecule has 2 nitrogen and oxygen atoms in total. The van der Waals surface area contributed by atoms with Crippen LogP contribution in [0.1, 0.15) is 0 Å². The zero-order chi connectivity index (χ0) is 11.5. The number of aromatic nitrogens is 1. The van der Waals surface area contributed by atoms with Gasteiger partial charge in [-0.1, -0.05) is 29.3 Å². The lowest BCUT2D eigenvalue weighted by Gasteiger charge is -2.11. The molecule has 1 heterocycles. The molecule has 0 aliphatic rings. The number of methoxy groups -OCH3 is 1. The lowest BCUT2D eigenvalue weighted by Crippen LogP contribution is -1.90. The van der Waals surface area contributed by atoms with Gasteiger partial charge >= 0.3 is 0 Å². The van der Waals surface area contributed by atoms with Crippen molar-refractivity contribution in [3.8, 4) is 16.9 Å². The molecule has 0 bridgehead atoms. The highest BCUT2D eigenvalue weighted by molar-refractivity contribution is 6.44. The molecule has 0 atom stereocenters. The Hall–Kier alpha value is -1.25. The Morgan fingerprint density at radius 2 is 2.00 bits per heavy atom. The Labute approximate surface area is 104 Å². The van der Waals surface area contributed by atoms with Crippen molar-refractivity contribution in [3.05, 3.63) is 46.7 Å². The van der Waals surface area contributed by atoms with Gasteiger partial charge in [-0.25, -0.2) is 0 Å². The second-order valence-electron chi connectivity index (χ2n) is 3.18. The molecule has 0 unspecified atom stereocenters. The van der Waals surface area contributed by atoms with E-state index in [1.165, 1.54) is 0 Å². The number of hydrogen-bond donors (Lipinski definition) is 0. The van der Waals surface area contributed by atoms with Gasteiger partial charge < -0.3 is 4.74 Å². The van der Waals surface area contributed by atoms with Gasteiger partial charge in [0.15, 0.2) is 0 Å². The summed E-state index contributed by atoms with van der Waals surface area (Å²) in [6.07, 6.45) is 3.43. The number of hydrogen-bond acceptors (Lipinski definition) is 2. The molecule has 16 heavy (non-hydrogen) atoms. The first-order valence-electron chi connectivity index (χ1n) is 4.66.